The molecule has 0 bridgehead atoms. The molecule has 3 heterocycles. The van der Waals surface area contributed by atoms with Crippen LogP contribution in [0.25, 0.3) is 0 Å². The van der Waals surface area contributed by atoms with E-state index >= 15 is 0 Å². The SMILES string of the molecule is O=C(CC1CCCO1)N1CCCC1Cn1cccn1. The second-order valence-corrected chi connectivity index (χ2v) is 5.45. The van der Waals surface area contributed by atoms with Crippen LogP contribution in [0.5, 0.6) is 0 Å². The van der Waals surface area contributed by atoms with Gasteiger partial charge >= 0.3 is 0 Å². The first kappa shape index (κ1) is 12.7. The summed E-state index contributed by atoms with van der Waals surface area (Å²) >= 11 is 0. The molecule has 3 rings (SSSR count). The number of rotatable bonds is 4. The molecule has 0 radical (unpaired) electrons. The number of carbonyl (C=O) groups excluding carboxylic acids is 1. The summed E-state index contributed by atoms with van der Waals surface area (Å²) in [5.74, 6) is 0.251. The Morgan fingerprint density at radius 1 is 1.37 bits per heavy atom. The molecule has 2 unspecified atom stereocenters. The highest BCUT2D eigenvalue weighted by Gasteiger charge is 2.31. The Kier molecular flexibility index (Phi) is 3.82. The third-order valence-corrected chi connectivity index (χ3v) is 4.08. The van der Waals surface area contributed by atoms with Crippen LogP contribution >= 0.6 is 0 Å². The maximum Gasteiger partial charge on any atom is 0.225 e. The lowest BCUT2D eigenvalue weighted by Crippen LogP contribution is -2.39. The van der Waals surface area contributed by atoms with Gasteiger partial charge in [-0.25, -0.2) is 0 Å². The van der Waals surface area contributed by atoms with Gasteiger partial charge in [-0.2, -0.15) is 5.10 Å². The van der Waals surface area contributed by atoms with Gasteiger partial charge in [-0.1, -0.05) is 0 Å². The van der Waals surface area contributed by atoms with Crippen molar-refractivity contribution >= 4 is 5.91 Å². The van der Waals surface area contributed by atoms with Crippen molar-refractivity contribution in [1.82, 2.24) is 14.7 Å². The van der Waals surface area contributed by atoms with E-state index in [0.717, 1.165) is 45.4 Å². The second-order valence-electron chi connectivity index (χ2n) is 5.45. The van der Waals surface area contributed by atoms with Crippen molar-refractivity contribution in [2.24, 2.45) is 0 Å². The molecule has 1 aromatic heterocycles. The molecule has 0 spiro atoms. The fraction of sp³-hybridized carbons (Fsp3) is 0.714. The van der Waals surface area contributed by atoms with E-state index in [1.54, 1.807) is 6.20 Å². The molecule has 19 heavy (non-hydrogen) atoms. The first-order chi connectivity index (χ1) is 9.33. The van der Waals surface area contributed by atoms with Gasteiger partial charge < -0.3 is 9.64 Å². The summed E-state index contributed by atoms with van der Waals surface area (Å²) in [5.41, 5.74) is 0. The molecule has 1 amide bonds. The van der Waals surface area contributed by atoms with Crippen LogP contribution in [0.4, 0.5) is 0 Å². The molecule has 2 fully saturated rings. The molecule has 2 aliphatic heterocycles. The Morgan fingerprint density at radius 2 is 2.32 bits per heavy atom. The molecule has 2 aliphatic rings. The van der Waals surface area contributed by atoms with Gasteiger partial charge in [0.15, 0.2) is 0 Å². The third kappa shape index (κ3) is 2.97. The summed E-state index contributed by atoms with van der Waals surface area (Å²) in [4.78, 5) is 14.4. The number of ether oxygens (including phenoxy) is 1. The minimum Gasteiger partial charge on any atom is -0.378 e. The van der Waals surface area contributed by atoms with Gasteiger partial charge in [-0.15, -0.1) is 0 Å². The summed E-state index contributed by atoms with van der Waals surface area (Å²) in [6, 6.07) is 2.22. The molecule has 2 saturated heterocycles. The predicted molar refractivity (Wildman–Crippen MR) is 70.6 cm³/mol. The van der Waals surface area contributed by atoms with Crippen LogP contribution in [0.15, 0.2) is 18.5 Å². The summed E-state index contributed by atoms with van der Waals surface area (Å²) < 4.78 is 7.48. The van der Waals surface area contributed by atoms with Crippen molar-refractivity contribution in [2.45, 2.75) is 50.8 Å². The maximum absolute atomic E-state index is 12.4. The molecule has 5 nitrogen and oxygen atoms in total. The molecule has 0 aliphatic carbocycles. The highest BCUT2D eigenvalue weighted by molar-refractivity contribution is 5.77. The Balaban J connectivity index is 1.57. The van der Waals surface area contributed by atoms with Crippen molar-refractivity contribution in [3.05, 3.63) is 18.5 Å². The van der Waals surface area contributed by atoms with Crippen LogP contribution in [0.2, 0.25) is 0 Å². The highest BCUT2D eigenvalue weighted by Crippen LogP contribution is 2.22. The number of nitrogens with zero attached hydrogens (tertiary/aromatic N) is 3. The van der Waals surface area contributed by atoms with Crippen molar-refractivity contribution in [3.8, 4) is 0 Å². The van der Waals surface area contributed by atoms with Gasteiger partial charge in [0.25, 0.3) is 0 Å². The van der Waals surface area contributed by atoms with Crippen LogP contribution in [0.1, 0.15) is 32.1 Å². The summed E-state index contributed by atoms with van der Waals surface area (Å²) in [6.45, 7) is 2.51. The molecule has 2 atom stereocenters. The van der Waals surface area contributed by atoms with Gasteiger partial charge in [0.2, 0.25) is 5.91 Å². The normalized spacial score (nSPS) is 27.1. The smallest absolute Gasteiger partial charge is 0.225 e. The lowest BCUT2D eigenvalue weighted by molar-refractivity contribution is -0.134. The van der Waals surface area contributed by atoms with Crippen LogP contribution in [0.3, 0.4) is 0 Å². The van der Waals surface area contributed by atoms with E-state index in [0.29, 0.717) is 12.5 Å². The van der Waals surface area contributed by atoms with E-state index in [1.807, 2.05) is 21.8 Å². The molecular weight excluding hydrogens is 242 g/mol. The zero-order chi connectivity index (χ0) is 13.1. The van der Waals surface area contributed by atoms with Gasteiger partial charge in [-0.3, -0.25) is 9.48 Å². The molecule has 0 saturated carbocycles. The van der Waals surface area contributed by atoms with Gasteiger partial charge in [0.05, 0.1) is 25.1 Å². The average molecular weight is 263 g/mol. The lowest BCUT2D eigenvalue weighted by atomic mass is 10.1. The monoisotopic (exact) mass is 263 g/mol. The predicted octanol–water partition coefficient (Wildman–Crippen LogP) is 1.44. The second kappa shape index (κ2) is 5.74. The topological polar surface area (TPSA) is 47.4 Å². The zero-order valence-corrected chi connectivity index (χ0v) is 11.2. The fourth-order valence-electron chi connectivity index (χ4n) is 3.10. The van der Waals surface area contributed by atoms with Gasteiger partial charge in [0, 0.05) is 25.5 Å². The van der Waals surface area contributed by atoms with Crippen molar-refractivity contribution in [3.63, 3.8) is 0 Å². The van der Waals surface area contributed by atoms with E-state index in [1.165, 1.54) is 0 Å². The Hall–Kier alpha value is -1.36. The summed E-state index contributed by atoms with van der Waals surface area (Å²) in [7, 11) is 0. The number of carbonyl (C=O) groups is 1. The average Bonchev–Trinajstić information content (AvgIpc) is 3.10. The van der Waals surface area contributed by atoms with E-state index in [-0.39, 0.29) is 12.0 Å². The van der Waals surface area contributed by atoms with Crippen LogP contribution in [-0.4, -0.2) is 45.9 Å². The Labute approximate surface area is 113 Å². The van der Waals surface area contributed by atoms with Gasteiger partial charge in [-0.05, 0) is 31.7 Å². The number of likely N-dealkylation sites (tertiary alicyclic amines) is 1. The summed E-state index contributed by atoms with van der Waals surface area (Å²) in [5, 5.41) is 4.23. The third-order valence-electron chi connectivity index (χ3n) is 4.08. The minimum atomic E-state index is 0.151. The van der Waals surface area contributed by atoms with E-state index in [4.69, 9.17) is 4.74 Å². The zero-order valence-electron chi connectivity index (χ0n) is 11.2. The number of hydrogen-bond donors (Lipinski definition) is 0. The fourth-order valence-corrected chi connectivity index (χ4v) is 3.10. The van der Waals surface area contributed by atoms with Crippen LogP contribution in [0, 0.1) is 0 Å². The first-order valence-electron chi connectivity index (χ1n) is 7.21. The lowest BCUT2D eigenvalue weighted by Gasteiger charge is -2.25. The highest BCUT2D eigenvalue weighted by atomic mass is 16.5. The number of aromatic nitrogens is 2. The minimum absolute atomic E-state index is 0.151. The number of amides is 1. The van der Waals surface area contributed by atoms with Crippen molar-refractivity contribution in [1.29, 1.82) is 0 Å². The van der Waals surface area contributed by atoms with Crippen molar-refractivity contribution in [2.75, 3.05) is 13.2 Å². The molecule has 0 N–H and O–H groups in total. The molecule has 104 valence electrons. The maximum atomic E-state index is 12.4. The molecule has 0 aromatic carbocycles. The number of hydrogen-bond acceptors (Lipinski definition) is 3. The van der Waals surface area contributed by atoms with Crippen LogP contribution in [-0.2, 0) is 16.1 Å². The summed E-state index contributed by atoms with van der Waals surface area (Å²) in [6.07, 6.45) is 8.75. The van der Waals surface area contributed by atoms with E-state index in [9.17, 15) is 4.79 Å². The Morgan fingerprint density at radius 3 is 3.05 bits per heavy atom. The van der Waals surface area contributed by atoms with Gasteiger partial charge in [0.1, 0.15) is 0 Å². The van der Waals surface area contributed by atoms with Crippen molar-refractivity contribution < 1.29 is 9.53 Å². The largest absolute Gasteiger partial charge is 0.378 e. The standard InChI is InChI=1S/C14H21N3O2/c18-14(10-13-5-2-9-19-13)17-8-1-4-12(17)11-16-7-3-6-15-16/h3,6-7,12-13H,1-2,4-5,8-11H2. The quantitative estimate of drug-likeness (QED) is 0.826. The molecule has 1 aromatic rings. The molecule has 5 heteroatoms. The Bertz CT molecular complexity index is 412. The first-order valence-corrected chi connectivity index (χ1v) is 7.21. The molecular formula is C14H21N3O2. The van der Waals surface area contributed by atoms with Crippen LogP contribution < -0.4 is 0 Å². The van der Waals surface area contributed by atoms with E-state index in [2.05, 4.69) is 5.10 Å². The van der Waals surface area contributed by atoms with E-state index < -0.39 is 0 Å².